The molecular formula is C10H17FN2O. The average Bonchev–Trinajstić information content (AvgIpc) is 2.98. The summed E-state index contributed by atoms with van der Waals surface area (Å²) >= 11 is 0. The lowest BCUT2D eigenvalue weighted by atomic mass is 10.1. The minimum Gasteiger partial charge on any atom is -0.366 e. The fourth-order valence-corrected chi connectivity index (χ4v) is 1.22. The third kappa shape index (κ3) is 3.55. The molecule has 4 heteroatoms. The Labute approximate surface area is 83.7 Å². The van der Waals surface area contributed by atoms with Crippen molar-refractivity contribution in [1.29, 1.82) is 0 Å². The lowest BCUT2D eigenvalue weighted by Gasteiger charge is -2.18. The zero-order valence-corrected chi connectivity index (χ0v) is 8.46. The van der Waals surface area contributed by atoms with Crippen LogP contribution in [0.25, 0.3) is 0 Å². The maximum Gasteiger partial charge on any atom is 0.177 e. The summed E-state index contributed by atoms with van der Waals surface area (Å²) in [4.78, 5) is 3.57. The Hall–Kier alpha value is -0.740. The molecular weight excluding hydrogens is 183 g/mol. The van der Waals surface area contributed by atoms with Crippen LogP contribution in [0.3, 0.4) is 0 Å². The third-order valence-corrected chi connectivity index (χ3v) is 2.35. The molecule has 2 atom stereocenters. The molecule has 1 fully saturated rings. The van der Waals surface area contributed by atoms with E-state index in [0.29, 0.717) is 12.5 Å². The molecule has 0 amide bonds. The van der Waals surface area contributed by atoms with Gasteiger partial charge in [-0.25, -0.2) is 4.39 Å². The number of aliphatic imine (C=N–C) groups is 1. The van der Waals surface area contributed by atoms with Crippen LogP contribution in [0.15, 0.2) is 16.9 Å². The first kappa shape index (κ1) is 11.3. The predicted octanol–water partition coefficient (Wildman–Crippen LogP) is 1.39. The Kier molecular flexibility index (Phi) is 3.77. The highest BCUT2D eigenvalue weighted by molar-refractivity contribution is 5.27. The van der Waals surface area contributed by atoms with Gasteiger partial charge in [-0.2, -0.15) is 0 Å². The minimum absolute atomic E-state index is 0.277. The van der Waals surface area contributed by atoms with Gasteiger partial charge in [-0.05, 0) is 19.6 Å². The van der Waals surface area contributed by atoms with Crippen molar-refractivity contribution in [1.82, 2.24) is 5.32 Å². The highest BCUT2D eigenvalue weighted by Crippen LogP contribution is 2.22. The van der Waals surface area contributed by atoms with Crippen LogP contribution < -0.4 is 5.32 Å². The highest BCUT2D eigenvalue weighted by atomic mass is 19.1. The summed E-state index contributed by atoms with van der Waals surface area (Å²) in [7, 11) is 0. The molecule has 2 unspecified atom stereocenters. The average molecular weight is 200 g/mol. The Morgan fingerprint density at radius 3 is 2.93 bits per heavy atom. The van der Waals surface area contributed by atoms with Crippen molar-refractivity contribution in [3.05, 3.63) is 11.9 Å². The van der Waals surface area contributed by atoms with Gasteiger partial charge in [0.15, 0.2) is 5.72 Å². The second-order valence-electron chi connectivity index (χ2n) is 3.63. The monoisotopic (exact) mass is 200 g/mol. The molecule has 80 valence electrons. The van der Waals surface area contributed by atoms with Crippen LogP contribution in [-0.4, -0.2) is 30.1 Å². The van der Waals surface area contributed by atoms with E-state index in [-0.39, 0.29) is 12.2 Å². The maximum atomic E-state index is 13.0. The Morgan fingerprint density at radius 2 is 2.50 bits per heavy atom. The molecule has 0 aromatic carbocycles. The first-order valence-electron chi connectivity index (χ1n) is 4.90. The van der Waals surface area contributed by atoms with Crippen LogP contribution in [0.1, 0.15) is 26.2 Å². The molecule has 3 nitrogen and oxygen atoms in total. The molecule has 1 aliphatic heterocycles. The summed E-state index contributed by atoms with van der Waals surface area (Å²) in [6.45, 7) is 5.96. The molecule has 0 aromatic heterocycles. The topological polar surface area (TPSA) is 54.5 Å². The SMILES string of the molecule is C=NC(O)(/C=C(\F)CC)CCC1CN1. The molecule has 1 rings (SSSR count). The number of rotatable bonds is 6. The van der Waals surface area contributed by atoms with Gasteiger partial charge in [0.05, 0.1) is 0 Å². The maximum absolute atomic E-state index is 13.0. The fraction of sp³-hybridized carbons (Fsp3) is 0.700. The first-order chi connectivity index (χ1) is 6.59. The van der Waals surface area contributed by atoms with Gasteiger partial charge in [0.25, 0.3) is 0 Å². The zero-order chi connectivity index (χ0) is 10.6. The summed E-state index contributed by atoms with van der Waals surface area (Å²) in [6.07, 6.45) is 2.65. The zero-order valence-electron chi connectivity index (χ0n) is 8.46. The molecule has 1 heterocycles. The molecule has 0 aliphatic carbocycles. The smallest absolute Gasteiger partial charge is 0.177 e. The number of hydrogen-bond acceptors (Lipinski definition) is 3. The minimum atomic E-state index is -1.43. The molecule has 0 bridgehead atoms. The van der Waals surface area contributed by atoms with Gasteiger partial charge in [-0.1, -0.05) is 6.92 Å². The van der Waals surface area contributed by atoms with Crippen molar-refractivity contribution in [2.24, 2.45) is 4.99 Å². The number of hydrogen-bond donors (Lipinski definition) is 2. The third-order valence-electron chi connectivity index (χ3n) is 2.35. The quantitative estimate of drug-likeness (QED) is 0.503. The van der Waals surface area contributed by atoms with Crippen molar-refractivity contribution in [2.45, 2.75) is 38.0 Å². The lowest BCUT2D eigenvalue weighted by molar-refractivity contribution is 0.0875. The largest absolute Gasteiger partial charge is 0.366 e. The van der Waals surface area contributed by atoms with Gasteiger partial charge in [-0.3, -0.25) is 4.99 Å². The highest BCUT2D eigenvalue weighted by Gasteiger charge is 2.27. The van der Waals surface area contributed by atoms with Crippen molar-refractivity contribution in [2.75, 3.05) is 6.54 Å². The summed E-state index contributed by atoms with van der Waals surface area (Å²) in [5, 5.41) is 12.9. The van der Waals surface area contributed by atoms with E-state index in [1.807, 2.05) is 0 Å². The molecule has 14 heavy (non-hydrogen) atoms. The number of aliphatic hydroxyl groups is 1. The van der Waals surface area contributed by atoms with E-state index in [1.165, 1.54) is 0 Å². The van der Waals surface area contributed by atoms with Crippen molar-refractivity contribution in [3.63, 3.8) is 0 Å². The van der Waals surface area contributed by atoms with Crippen molar-refractivity contribution < 1.29 is 9.50 Å². The number of halogens is 1. The van der Waals surface area contributed by atoms with Gasteiger partial charge in [-0.15, -0.1) is 0 Å². The van der Waals surface area contributed by atoms with Crippen molar-refractivity contribution in [3.8, 4) is 0 Å². The van der Waals surface area contributed by atoms with Crippen molar-refractivity contribution >= 4 is 6.72 Å². The van der Waals surface area contributed by atoms with Crippen LogP contribution >= 0.6 is 0 Å². The van der Waals surface area contributed by atoms with Gasteiger partial charge in [0.2, 0.25) is 0 Å². The van der Waals surface area contributed by atoms with Gasteiger partial charge >= 0.3 is 0 Å². The summed E-state index contributed by atoms with van der Waals surface area (Å²) in [5.74, 6) is -0.344. The summed E-state index contributed by atoms with van der Waals surface area (Å²) in [5.41, 5.74) is -1.43. The number of nitrogens with one attached hydrogen (secondary N) is 1. The number of nitrogens with zero attached hydrogens (tertiary/aromatic N) is 1. The van der Waals surface area contributed by atoms with Gasteiger partial charge in [0.1, 0.15) is 5.83 Å². The Morgan fingerprint density at radius 1 is 1.86 bits per heavy atom. The predicted molar refractivity (Wildman–Crippen MR) is 55.0 cm³/mol. The molecule has 1 aliphatic rings. The van der Waals surface area contributed by atoms with E-state index in [4.69, 9.17) is 0 Å². The van der Waals surface area contributed by atoms with E-state index >= 15 is 0 Å². The van der Waals surface area contributed by atoms with E-state index in [0.717, 1.165) is 19.0 Å². The Balaban J connectivity index is 2.49. The standard InChI is InChI=1S/C10H17FN2O/c1-3-8(11)6-10(14,12-2)5-4-9-7-13-9/h6,9,13-14H,2-5,7H2,1H3/b8-6-. The van der Waals surface area contributed by atoms with E-state index < -0.39 is 5.72 Å². The van der Waals surface area contributed by atoms with Crippen LogP contribution in [0.4, 0.5) is 4.39 Å². The molecule has 0 aromatic rings. The van der Waals surface area contributed by atoms with E-state index in [9.17, 15) is 9.50 Å². The van der Waals surface area contributed by atoms with Crippen LogP contribution in [0.2, 0.25) is 0 Å². The van der Waals surface area contributed by atoms with Crippen LogP contribution in [0.5, 0.6) is 0 Å². The molecule has 0 saturated carbocycles. The molecule has 0 spiro atoms. The van der Waals surface area contributed by atoms with Gasteiger partial charge < -0.3 is 10.4 Å². The summed E-state index contributed by atoms with van der Waals surface area (Å²) in [6, 6.07) is 0.460. The summed E-state index contributed by atoms with van der Waals surface area (Å²) < 4.78 is 13.0. The van der Waals surface area contributed by atoms with Crippen LogP contribution in [-0.2, 0) is 0 Å². The molecule has 2 N–H and O–H groups in total. The second-order valence-corrected chi connectivity index (χ2v) is 3.63. The molecule has 0 radical (unpaired) electrons. The van der Waals surface area contributed by atoms with Gasteiger partial charge in [0, 0.05) is 25.1 Å². The second kappa shape index (κ2) is 4.66. The Bertz CT molecular complexity index is 238. The lowest BCUT2D eigenvalue weighted by Crippen LogP contribution is -2.23. The van der Waals surface area contributed by atoms with E-state index in [2.05, 4.69) is 17.0 Å². The number of allylic oxidation sites excluding steroid dienone is 1. The molecule has 1 saturated heterocycles. The first-order valence-corrected chi connectivity index (χ1v) is 4.90. The van der Waals surface area contributed by atoms with E-state index in [1.54, 1.807) is 6.92 Å². The van der Waals surface area contributed by atoms with Crippen LogP contribution in [0, 0.1) is 0 Å². The normalized spacial score (nSPS) is 25.6. The fourth-order valence-electron chi connectivity index (χ4n) is 1.22.